The third kappa shape index (κ3) is 4.52. The molecule has 23 heavy (non-hydrogen) atoms. The number of aliphatic hydroxyl groups excluding tert-OH is 1. The lowest BCUT2D eigenvalue weighted by molar-refractivity contribution is -0.150. The topological polar surface area (TPSA) is 49.8 Å². The van der Waals surface area contributed by atoms with E-state index < -0.39 is 6.10 Å². The van der Waals surface area contributed by atoms with Crippen molar-refractivity contribution in [2.75, 3.05) is 19.7 Å². The Morgan fingerprint density at radius 3 is 2.43 bits per heavy atom. The minimum atomic E-state index is -0.583. The standard InChI is InChI=1S/C18H26FNO3/c1-3-16(18(22)23-4-2)20-11-9-14(10-12-20)17(21)13-5-7-15(19)8-6-13/h5-8,14,16-17,21H,3-4,9-12H2,1-2H3. The van der Waals surface area contributed by atoms with Crippen molar-refractivity contribution >= 4 is 5.97 Å². The van der Waals surface area contributed by atoms with Crippen molar-refractivity contribution in [2.24, 2.45) is 5.92 Å². The second-order valence-corrected chi connectivity index (χ2v) is 6.05. The molecule has 0 radical (unpaired) electrons. The summed E-state index contributed by atoms with van der Waals surface area (Å²) in [5, 5.41) is 10.5. The number of nitrogens with zero attached hydrogens (tertiary/aromatic N) is 1. The third-order valence-electron chi connectivity index (χ3n) is 4.62. The number of likely N-dealkylation sites (tertiary alicyclic amines) is 1. The lowest BCUT2D eigenvalue weighted by Crippen LogP contribution is -2.46. The van der Waals surface area contributed by atoms with Crippen LogP contribution >= 0.6 is 0 Å². The number of piperidine rings is 1. The van der Waals surface area contributed by atoms with Crippen LogP contribution in [0.1, 0.15) is 44.8 Å². The number of carbonyl (C=O) groups excluding carboxylic acids is 1. The Morgan fingerprint density at radius 2 is 1.91 bits per heavy atom. The fourth-order valence-corrected chi connectivity index (χ4v) is 3.29. The zero-order valence-electron chi connectivity index (χ0n) is 13.9. The van der Waals surface area contributed by atoms with Gasteiger partial charge in [0.2, 0.25) is 0 Å². The highest BCUT2D eigenvalue weighted by Gasteiger charge is 2.32. The zero-order valence-corrected chi connectivity index (χ0v) is 13.9. The van der Waals surface area contributed by atoms with E-state index in [4.69, 9.17) is 4.74 Å². The van der Waals surface area contributed by atoms with Crippen molar-refractivity contribution in [1.82, 2.24) is 4.90 Å². The molecule has 4 nitrogen and oxygen atoms in total. The monoisotopic (exact) mass is 323 g/mol. The molecule has 1 heterocycles. The number of halogens is 1. The van der Waals surface area contributed by atoms with E-state index in [9.17, 15) is 14.3 Å². The van der Waals surface area contributed by atoms with E-state index in [1.54, 1.807) is 12.1 Å². The summed E-state index contributed by atoms with van der Waals surface area (Å²) >= 11 is 0. The molecule has 1 aliphatic heterocycles. The molecule has 1 aromatic rings. The number of benzene rings is 1. The van der Waals surface area contributed by atoms with Gasteiger partial charge >= 0.3 is 5.97 Å². The maximum atomic E-state index is 13.0. The van der Waals surface area contributed by atoms with Crippen molar-refractivity contribution in [3.63, 3.8) is 0 Å². The van der Waals surface area contributed by atoms with Gasteiger partial charge in [-0.3, -0.25) is 9.69 Å². The van der Waals surface area contributed by atoms with Gasteiger partial charge in [0.15, 0.2) is 0 Å². The molecule has 2 unspecified atom stereocenters. The summed E-state index contributed by atoms with van der Waals surface area (Å²) in [5.41, 5.74) is 0.752. The molecule has 1 fully saturated rings. The van der Waals surface area contributed by atoms with Crippen LogP contribution in [0.3, 0.4) is 0 Å². The molecule has 0 saturated carbocycles. The van der Waals surface area contributed by atoms with Crippen LogP contribution in [-0.2, 0) is 9.53 Å². The Morgan fingerprint density at radius 1 is 1.30 bits per heavy atom. The first-order valence-electron chi connectivity index (χ1n) is 8.41. The van der Waals surface area contributed by atoms with Gasteiger partial charge in [0.25, 0.3) is 0 Å². The number of hydrogen-bond acceptors (Lipinski definition) is 4. The van der Waals surface area contributed by atoms with Gasteiger partial charge in [-0.05, 0) is 62.9 Å². The first-order chi connectivity index (χ1) is 11.1. The Bertz CT molecular complexity index is 497. The molecule has 0 aromatic heterocycles. The summed E-state index contributed by atoms with van der Waals surface area (Å²) in [6, 6.07) is 5.84. The van der Waals surface area contributed by atoms with E-state index in [1.165, 1.54) is 12.1 Å². The molecular weight excluding hydrogens is 297 g/mol. The lowest BCUT2D eigenvalue weighted by atomic mass is 9.87. The molecule has 0 bridgehead atoms. The Hall–Kier alpha value is -1.46. The van der Waals surface area contributed by atoms with Gasteiger partial charge in [0.1, 0.15) is 11.9 Å². The minimum Gasteiger partial charge on any atom is -0.465 e. The lowest BCUT2D eigenvalue weighted by Gasteiger charge is -2.37. The van der Waals surface area contributed by atoms with Crippen LogP contribution in [0.4, 0.5) is 4.39 Å². The van der Waals surface area contributed by atoms with Crippen molar-refractivity contribution in [3.8, 4) is 0 Å². The van der Waals surface area contributed by atoms with E-state index in [0.29, 0.717) is 6.61 Å². The molecule has 2 rings (SSSR count). The maximum Gasteiger partial charge on any atom is 0.323 e. The van der Waals surface area contributed by atoms with Crippen molar-refractivity contribution in [1.29, 1.82) is 0 Å². The van der Waals surface area contributed by atoms with Crippen LogP contribution in [-0.4, -0.2) is 41.7 Å². The predicted octanol–water partition coefficient (Wildman–Crippen LogP) is 2.91. The summed E-state index contributed by atoms with van der Waals surface area (Å²) in [6.45, 7) is 5.73. The van der Waals surface area contributed by atoms with Crippen LogP contribution < -0.4 is 0 Å². The molecule has 1 saturated heterocycles. The highest BCUT2D eigenvalue weighted by molar-refractivity contribution is 5.75. The number of hydrogen-bond donors (Lipinski definition) is 1. The average molecular weight is 323 g/mol. The number of carbonyl (C=O) groups is 1. The van der Waals surface area contributed by atoms with E-state index in [0.717, 1.165) is 37.9 Å². The average Bonchev–Trinajstić information content (AvgIpc) is 2.56. The summed E-state index contributed by atoms with van der Waals surface area (Å²) < 4.78 is 18.1. The molecule has 1 aliphatic rings. The normalized spacial score (nSPS) is 19.3. The molecule has 2 atom stereocenters. The predicted molar refractivity (Wildman–Crippen MR) is 86.4 cm³/mol. The Labute approximate surface area is 137 Å². The van der Waals surface area contributed by atoms with Crippen molar-refractivity contribution < 1.29 is 19.0 Å². The zero-order chi connectivity index (χ0) is 16.8. The SMILES string of the molecule is CCOC(=O)C(CC)N1CCC(C(O)c2ccc(F)cc2)CC1. The molecule has 0 amide bonds. The van der Waals surface area contributed by atoms with E-state index in [1.807, 2.05) is 13.8 Å². The van der Waals surface area contributed by atoms with Gasteiger partial charge in [-0.25, -0.2) is 4.39 Å². The van der Waals surface area contributed by atoms with Gasteiger partial charge in [0, 0.05) is 0 Å². The molecule has 5 heteroatoms. The van der Waals surface area contributed by atoms with Crippen molar-refractivity contribution in [3.05, 3.63) is 35.6 Å². The van der Waals surface area contributed by atoms with Crippen LogP contribution in [0.2, 0.25) is 0 Å². The second-order valence-electron chi connectivity index (χ2n) is 6.05. The summed E-state index contributed by atoms with van der Waals surface area (Å²) in [5.74, 6) is -0.320. The summed E-state index contributed by atoms with van der Waals surface area (Å²) in [4.78, 5) is 14.1. The highest BCUT2D eigenvalue weighted by atomic mass is 19.1. The molecule has 1 N–H and O–H groups in total. The van der Waals surface area contributed by atoms with E-state index in [2.05, 4.69) is 4.90 Å². The Balaban J connectivity index is 1.92. The van der Waals surface area contributed by atoms with Crippen LogP contribution in [0.5, 0.6) is 0 Å². The van der Waals surface area contributed by atoms with Crippen LogP contribution in [0.25, 0.3) is 0 Å². The number of rotatable bonds is 6. The number of ether oxygens (including phenoxy) is 1. The van der Waals surface area contributed by atoms with Crippen LogP contribution in [0, 0.1) is 11.7 Å². The largest absolute Gasteiger partial charge is 0.465 e. The van der Waals surface area contributed by atoms with Gasteiger partial charge in [-0.15, -0.1) is 0 Å². The van der Waals surface area contributed by atoms with Gasteiger partial charge in [0.05, 0.1) is 12.7 Å². The maximum absolute atomic E-state index is 13.0. The molecule has 0 spiro atoms. The number of aliphatic hydroxyl groups is 1. The van der Waals surface area contributed by atoms with Gasteiger partial charge in [-0.1, -0.05) is 19.1 Å². The second kappa shape index (κ2) is 8.41. The quantitative estimate of drug-likeness (QED) is 0.818. The van der Waals surface area contributed by atoms with E-state index >= 15 is 0 Å². The van der Waals surface area contributed by atoms with Crippen molar-refractivity contribution in [2.45, 2.75) is 45.3 Å². The minimum absolute atomic E-state index is 0.136. The molecule has 1 aromatic carbocycles. The van der Waals surface area contributed by atoms with Gasteiger partial charge in [-0.2, -0.15) is 0 Å². The van der Waals surface area contributed by atoms with Crippen LogP contribution in [0.15, 0.2) is 24.3 Å². The fourth-order valence-electron chi connectivity index (χ4n) is 3.29. The smallest absolute Gasteiger partial charge is 0.323 e. The summed E-state index contributed by atoms with van der Waals surface area (Å²) in [7, 11) is 0. The van der Waals surface area contributed by atoms with Gasteiger partial charge < -0.3 is 9.84 Å². The third-order valence-corrected chi connectivity index (χ3v) is 4.62. The first kappa shape index (κ1) is 17.9. The highest BCUT2D eigenvalue weighted by Crippen LogP contribution is 2.31. The summed E-state index contributed by atoms with van der Waals surface area (Å²) in [6.07, 6.45) is 1.77. The molecular formula is C18H26FNO3. The first-order valence-corrected chi connectivity index (χ1v) is 8.41. The fraction of sp³-hybridized carbons (Fsp3) is 0.611. The number of esters is 1. The van der Waals surface area contributed by atoms with E-state index in [-0.39, 0.29) is 23.7 Å². The Kier molecular flexibility index (Phi) is 6.54. The molecule has 0 aliphatic carbocycles. The molecule has 128 valence electrons.